The average Bonchev–Trinajstić information content (AvgIpc) is 2.74. The molecule has 16 heavy (non-hydrogen) atoms. The lowest BCUT2D eigenvalue weighted by Crippen LogP contribution is -2.40. The van der Waals surface area contributed by atoms with Crippen LogP contribution in [0.1, 0.15) is 30.4 Å². The topological polar surface area (TPSA) is 74.5 Å². The fourth-order valence-electron chi connectivity index (χ4n) is 1.44. The molecule has 1 heterocycles. The molecule has 0 saturated heterocycles. The molecule has 5 heteroatoms. The van der Waals surface area contributed by atoms with E-state index in [4.69, 9.17) is 10.2 Å². The van der Waals surface area contributed by atoms with Crippen LogP contribution in [-0.2, 0) is 0 Å². The highest BCUT2D eigenvalue weighted by molar-refractivity contribution is 5.93. The van der Waals surface area contributed by atoms with Crippen LogP contribution >= 0.6 is 0 Å². The van der Waals surface area contributed by atoms with Gasteiger partial charge in [0.05, 0.1) is 19.3 Å². The normalized spacial score (nSPS) is 11.1. The number of hydrogen-bond donors (Lipinski definition) is 3. The van der Waals surface area contributed by atoms with Crippen LogP contribution in [0.15, 0.2) is 18.3 Å². The summed E-state index contributed by atoms with van der Waals surface area (Å²) in [5.74, 6) is -0.285. The first-order valence-corrected chi connectivity index (χ1v) is 5.29. The minimum atomic E-state index is -0.608. The molecule has 0 radical (unpaired) electrons. The van der Waals surface area contributed by atoms with Crippen LogP contribution in [0.2, 0.25) is 0 Å². The Morgan fingerprint density at radius 2 is 2.06 bits per heavy atom. The Labute approximate surface area is 94.7 Å². The first kappa shape index (κ1) is 12.7. The van der Waals surface area contributed by atoms with Crippen molar-refractivity contribution in [2.45, 2.75) is 25.9 Å². The third kappa shape index (κ3) is 2.84. The van der Waals surface area contributed by atoms with Crippen LogP contribution in [0.4, 0.5) is 0 Å². The van der Waals surface area contributed by atoms with E-state index in [0.29, 0.717) is 5.69 Å². The van der Waals surface area contributed by atoms with E-state index >= 15 is 0 Å². The third-order valence-corrected chi connectivity index (χ3v) is 2.34. The van der Waals surface area contributed by atoms with E-state index in [1.165, 1.54) is 0 Å². The number of hydrogen-bond acceptors (Lipinski definition) is 3. The molecule has 1 aromatic rings. The lowest BCUT2D eigenvalue weighted by Gasteiger charge is -2.16. The van der Waals surface area contributed by atoms with Gasteiger partial charge in [-0.1, -0.05) is 0 Å². The minimum absolute atomic E-state index is 0.192. The number of aliphatic hydroxyl groups excluding tert-OH is 2. The zero-order valence-electron chi connectivity index (χ0n) is 9.55. The van der Waals surface area contributed by atoms with E-state index in [1.807, 2.05) is 24.6 Å². The molecule has 1 aromatic heterocycles. The summed E-state index contributed by atoms with van der Waals surface area (Å²) in [7, 11) is 0. The first-order valence-electron chi connectivity index (χ1n) is 5.29. The summed E-state index contributed by atoms with van der Waals surface area (Å²) in [5.41, 5.74) is 0.530. The quantitative estimate of drug-likeness (QED) is 0.669. The SMILES string of the molecule is CC(C)n1cccc1C(=O)NC(CO)CO. The maximum atomic E-state index is 11.8. The molecule has 0 bridgehead atoms. The van der Waals surface area contributed by atoms with Crippen LogP contribution in [0.3, 0.4) is 0 Å². The molecule has 0 aliphatic heterocycles. The van der Waals surface area contributed by atoms with Crippen molar-refractivity contribution in [3.8, 4) is 0 Å². The van der Waals surface area contributed by atoms with E-state index in [2.05, 4.69) is 5.32 Å². The second kappa shape index (κ2) is 5.67. The summed E-state index contributed by atoms with van der Waals surface area (Å²) >= 11 is 0. The molecule has 0 aliphatic rings. The summed E-state index contributed by atoms with van der Waals surface area (Å²) in [4.78, 5) is 11.8. The van der Waals surface area contributed by atoms with E-state index in [-0.39, 0.29) is 25.2 Å². The Morgan fingerprint density at radius 1 is 1.44 bits per heavy atom. The summed E-state index contributed by atoms with van der Waals surface area (Å²) in [5, 5.41) is 20.3. The molecular formula is C11H18N2O3. The predicted molar refractivity (Wildman–Crippen MR) is 60.2 cm³/mol. The van der Waals surface area contributed by atoms with Gasteiger partial charge in [-0.25, -0.2) is 0 Å². The maximum absolute atomic E-state index is 11.8. The zero-order valence-corrected chi connectivity index (χ0v) is 9.55. The molecule has 3 N–H and O–H groups in total. The van der Waals surface area contributed by atoms with Gasteiger partial charge in [0.2, 0.25) is 0 Å². The molecule has 5 nitrogen and oxygen atoms in total. The van der Waals surface area contributed by atoms with Crippen LogP contribution in [0.5, 0.6) is 0 Å². The van der Waals surface area contributed by atoms with Crippen LogP contribution < -0.4 is 5.32 Å². The third-order valence-electron chi connectivity index (χ3n) is 2.34. The minimum Gasteiger partial charge on any atom is -0.394 e. The molecule has 0 unspecified atom stereocenters. The lowest BCUT2D eigenvalue weighted by atomic mass is 10.3. The Balaban J connectivity index is 2.76. The van der Waals surface area contributed by atoms with Crippen molar-refractivity contribution in [3.05, 3.63) is 24.0 Å². The van der Waals surface area contributed by atoms with Crippen molar-refractivity contribution < 1.29 is 15.0 Å². The number of aliphatic hydroxyl groups is 2. The van der Waals surface area contributed by atoms with Gasteiger partial charge in [0, 0.05) is 12.2 Å². The van der Waals surface area contributed by atoms with Crippen molar-refractivity contribution in [2.75, 3.05) is 13.2 Å². The Hall–Kier alpha value is -1.33. The van der Waals surface area contributed by atoms with Crippen molar-refractivity contribution in [2.24, 2.45) is 0 Å². The second-order valence-electron chi connectivity index (χ2n) is 3.93. The van der Waals surface area contributed by atoms with Gasteiger partial charge in [-0.2, -0.15) is 0 Å². The number of carbonyl (C=O) groups is 1. The van der Waals surface area contributed by atoms with E-state index in [0.717, 1.165) is 0 Å². The summed E-state index contributed by atoms with van der Waals surface area (Å²) in [6.45, 7) is 3.41. The van der Waals surface area contributed by atoms with Gasteiger partial charge in [-0.05, 0) is 26.0 Å². The largest absolute Gasteiger partial charge is 0.394 e. The van der Waals surface area contributed by atoms with Gasteiger partial charge in [0.25, 0.3) is 5.91 Å². The summed E-state index contributed by atoms with van der Waals surface area (Å²) < 4.78 is 1.83. The standard InChI is InChI=1S/C11H18N2O3/c1-8(2)13-5-3-4-10(13)11(16)12-9(6-14)7-15/h3-5,8-9,14-15H,6-7H2,1-2H3,(H,12,16). The van der Waals surface area contributed by atoms with Gasteiger partial charge in [-0.15, -0.1) is 0 Å². The van der Waals surface area contributed by atoms with Gasteiger partial charge in [0.15, 0.2) is 0 Å². The van der Waals surface area contributed by atoms with E-state index in [1.54, 1.807) is 12.1 Å². The molecular weight excluding hydrogens is 208 g/mol. The lowest BCUT2D eigenvalue weighted by molar-refractivity contribution is 0.0868. The molecule has 0 aromatic carbocycles. The highest BCUT2D eigenvalue weighted by atomic mass is 16.3. The average molecular weight is 226 g/mol. The molecule has 90 valence electrons. The summed E-state index contributed by atoms with van der Waals surface area (Å²) in [6, 6.07) is 3.09. The Morgan fingerprint density at radius 3 is 2.56 bits per heavy atom. The van der Waals surface area contributed by atoms with Crippen molar-refractivity contribution in [1.82, 2.24) is 9.88 Å². The summed E-state index contributed by atoms with van der Waals surface area (Å²) in [6.07, 6.45) is 1.83. The van der Waals surface area contributed by atoms with Gasteiger partial charge in [-0.3, -0.25) is 4.79 Å². The van der Waals surface area contributed by atoms with E-state index in [9.17, 15) is 4.79 Å². The molecule has 0 aliphatic carbocycles. The van der Waals surface area contributed by atoms with Crippen LogP contribution in [0.25, 0.3) is 0 Å². The fourth-order valence-corrected chi connectivity index (χ4v) is 1.44. The van der Waals surface area contributed by atoms with Crippen LogP contribution in [0, 0.1) is 0 Å². The van der Waals surface area contributed by atoms with Crippen molar-refractivity contribution in [1.29, 1.82) is 0 Å². The first-order chi connectivity index (χ1) is 7.60. The highest BCUT2D eigenvalue weighted by Crippen LogP contribution is 2.10. The monoisotopic (exact) mass is 226 g/mol. The molecule has 0 fully saturated rings. The van der Waals surface area contributed by atoms with Crippen molar-refractivity contribution >= 4 is 5.91 Å². The number of carbonyl (C=O) groups excluding carboxylic acids is 1. The molecule has 0 spiro atoms. The maximum Gasteiger partial charge on any atom is 0.268 e. The zero-order chi connectivity index (χ0) is 12.1. The molecule has 1 rings (SSSR count). The second-order valence-corrected chi connectivity index (χ2v) is 3.93. The fraction of sp³-hybridized carbons (Fsp3) is 0.545. The van der Waals surface area contributed by atoms with Crippen molar-refractivity contribution in [3.63, 3.8) is 0 Å². The van der Waals surface area contributed by atoms with Gasteiger partial charge < -0.3 is 20.1 Å². The van der Waals surface area contributed by atoms with Gasteiger partial charge >= 0.3 is 0 Å². The molecule has 0 atom stereocenters. The number of aromatic nitrogens is 1. The predicted octanol–water partition coefficient (Wildman–Crippen LogP) is 0.152. The Bertz CT molecular complexity index is 343. The Kier molecular flexibility index (Phi) is 4.52. The number of rotatable bonds is 5. The smallest absolute Gasteiger partial charge is 0.268 e. The molecule has 1 amide bonds. The van der Waals surface area contributed by atoms with Crippen LogP contribution in [-0.4, -0.2) is 39.9 Å². The number of nitrogens with one attached hydrogen (secondary N) is 1. The number of nitrogens with zero attached hydrogens (tertiary/aromatic N) is 1. The highest BCUT2D eigenvalue weighted by Gasteiger charge is 2.15. The molecule has 0 saturated carbocycles. The van der Waals surface area contributed by atoms with Gasteiger partial charge in [0.1, 0.15) is 5.69 Å². The number of amides is 1. The van der Waals surface area contributed by atoms with E-state index < -0.39 is 6.04 Å².